The summed E-state index contributed by atoms with van der Waals surface area (Å²) in [5.74, 6) is 0.702. The third kappa shape index (κ3) is 4.28. The van der Waals surface area contributed by atoms with Gasteiger partial charge in [-0.2, -0.15) is 10.2 Å². The quantitative estimate of drug-likeness (QED) is 0.357. The van der Waals surface area contributed by atoms with Gasteiger partial charge in [-0.1, -0.05) is 6.58 Å². The highest BCUT2D eigenvalue weighted by molar-refractivity contribution is 5.83. The van der Waals surface area contributed by atoms with Gasteiger partial charge in [-0.25, -0.2) is 4.79 Å². The van der Waals surface area contributed by atoms with Crippen molar-refractivity contribution in [2.75, 3.05) is 7.11 Å². The molecule has 0 atom stereocenters. The fraction of sp³-hybridized carbons (Fsp3) is 0.0625. The van der Waals surface area contributed by atoms with E-state index < -0.39 is 5.97 Å². The highest BCUT2D eigenvalue weighted by Gasteiger charge is 1.99. The molecule has 5 nitrogen and oxygen atoms in total. The van der Waals surface area contributed by atoms with Gasteiger partial charge in [-0.05, 0) is 48.5 Å². The minimum Gasteiger partial charge on any atom is -0.497 e. The summed E-state index contributed by atoms with van der Waals surface area (Å²) >= 11 is 0. The average Bonchev–Trinajstić information content (AvgIpc) is 2.54. The highest BCUT2D eigenvalue weighted by atomic mass is 16.5. The molecule has 2 rings (SSSR count). The van der Waals surface area contributed by atoms with Gasteiger partial charge in [0.2, 0.25) is 0 Å². The Hall–Kier alpha value is -2.95. The molecule has 5 heteroatoms. The van der Waals surface area contributed by atoms with Crippen molar-refractivity contribution in [1.29, 1.82) is 0 Å². The van der Waals surface area contributed by atoms with Gasteiger partial charge in [-0.15, -0.1) is 0 Å². The van der Waals surface area contributed by atoms with E-state index in [2.05, 4.69) is 16.8 Å². The molecule has 0 aromatic heterocycles. The molecule has 0 unspecified atom stereocenters. The van der Waals surface area contributed by atoms with Crippen molar-refractivity contribution in [1.82, 2.24) is 0 Å². The van der Waals surface area contributed by atoms with Gasteiger partial charge < -0.3 is 9.47 Å². The van der Waals surface area contributed by atoms with Crippen LogP contribution >= 0.6 is 0 Å². The number of azo groups is 1. The van der Waals surface area contributed by atoms with E-state index in [9.17, 15) is 4.79 Å². The number of benzene rings is 2. The summed E-state index contributed by atoms with van der Waals surface area (Å²) in [6, 6.07) is 13.9. The maximum Gasteiger partial charge on any atom is 0.335 e. The Morgan fingerprint density at radius 2 is 1.43 bits per heavy atom. The minimum atomic E-state index is -0.498. The van der Waals surface area contributed by atoms with Crippen LogP contribution in [0.15, 0.2) is 71.4 Å². The van der Waals surface area contributed by atoms with Crippen LogP contribution in [0.5, 0.6) is 11.5 Å². The number of rotatable bonds is 5. The molecule has 106 valence electrons. The van der Waals surface area contributed by atoms with Gasteiger partial charge in [0.15, 0.2) is 0 Å². The Kier molecular flexibility index (Phi) is 4.82. The van der Waals surface area contributed by atoms with E-state index >= 15 is 0 Å². The summed E-state index contributed by atoms with van der Waals surface area (Å²) in [5.41, 5.74) is 1.38. The maximum atomic E-state index is 11.0. The Balaban J connectivity index is 2.03. The molecule has 0 amide bonds. The van der Waals surface area contributed by atoms with Crippen LogP contribution in [0.4, 0.5) is 11.4 Å². The summed E-state index contributed by atoms with van der Waals surface area (Å²) in [5, 5.41) is 8.20. The van der Waals surface area contributed by atoms with E-state index in [-0.39, 0.29) is 0 Å². The lowest BCUT2D eigenvalue weighted by Gasteiger charge is -2.01. The summed E-state index contributed by atoms with van der Waals surface area (Å²) in [7, 11) is 1.61. The van der Waals surface area contributed by atoms with E-state index in [1.54, 1.807) is 31.4 Å². The van der Waals surface area contributed by atoms with Crippen LogP contribution in [0.3, 0.4) is 0 Å². The largest absolute Gasteiger partial charge is 0.497 e. The number of hydrogen-bond acceptors (Lipinski definition) is 5. The molecule has 2 aromatic carbocycles. The van der Waals surface area contributed by atoms with E-state index in [1.807, 2.05) is 24.3 Å². The fourth-order valence-corrected chi connectivity index (χ4v) is 1.50. The van der Waals surface area contributed by atoms with Crippen LogP contribution in [0, 0.1) is 0 Å². The molecule has 0 saturated carbocycles. The van der Waals surface area contributed by atoms with Gasteiger partial charge in [0.25, 0.3) is 0 Å². The lowest BCUT2D eigenvalue weighted by Crippen LogP contribution is -2.02. The van der Waals surface area contributed by atoms with Crippen molar-refractivity contribution in [3.63, 3.8) is 0 Å². The number of hydrogen-bond donors (Lipinski definition) is 0. The van der Waals surface area contributed by atoms with Gasteiger partial charge >= 0.3 is 5.97 Å². The van der Waals surface area contributed by atoms with Crippen molar-refractivity contribution < 1.29 is 14.3 Å². The first kappa shape index (κ1) is 14.5. The van der Waals surface area contributed by atoms with Crippen LogP contribution < -0.4 is 9.47 Å². The topological polar surface area (TPSA) is 60.2 Å². The first-order chi connectivity index (χ1) is 10.2. The average molecular weight is 282 g/mol. The zero-order chi connectivity index (χ0) is 15.1. The monoisotopic (exact) mass is 282 g/mol. The molecule has 21 heavy (non-hydrogen) atoms. The highest BCUT2D eigenvalue weighted by Crippen LogP contribution is 2.22. The third-order valence-electron chi connectivity index (χ3n) is 2.58. The molecule has 0 aliphatic carbocycles. The van der Waals surface area contributed by atoms with Crippen molar-refractivity contribution in [2.45, 2.75) is 0 Å². The van der Waals surface area contributed by atoms with E-state index in [0.717, 1.165) is 17.5 Å². The van der Waals surface area contributed by atoms with Crippen molar-refractivity contribution >= 4 is 17.3 Å². The Labute approximate surface area is 122 Å². The molecule has 2 aromatic rings. The molecule has 0 aliphatic rings. The van der Waals surface area contributed by atoms with Gasteiger partial charge in [0.1, 0.15) is 11.5 Å². The molecule has 0 fully saturated rings. The summed E-state index contributed by atoms with van der Waals surface area (Å²) in [6.07, 6.45) is 1.11. The van der Waals surface area contributed by atoms with Gasteiger partial charge in [-0.3, -0.25) is 0 Å². The van der Waals surface area contributed by atoms with Crippen LogP contribution in [0.1, 0.15) is 0 Å². The lowest BCUT2D eigenvalue weighted by molar-refractivity contribution is -0.128. The van der Waals surface area contributed by atoms with Gasteiger partial charge in [0.05, 0.1) is 18.5 Å². The van der Waals surface area contributed by atoms with E-state index in [4.69, 9.17) is 9.47 Å². The lowest BCUT2D eigenvalue weighted by atomic mass is 10.3. The Morgan fingerprint density at radius 1 is 0.952 bits per heavy atom. The Morgan fingerprint density at radius 3 is 1.86 bits per heavy atom. The molecule has 0 heterocycles. The molecule has 0 aliphatic heterocycles. The second kappa shape index (κ2) is 7.00. The maximum absolute atomic E-state index is 11.0. The van der Waals surface area contributed by atoms with Crippen LogP contribution in [0.25, 0.3) is 0 Å². The number of nitrogens with zero attached hydrogens (tertiary/aromatic N) is 2. The van der Waals surface area contributed by atoms with E-state index in [1.165, 1.54) is 0 Å². The second-order valence-corrected chi connectivity index (χ2v) is 4.02. The predicted octanol–water partition coefficient (Wildman–Crippen LogP) is 4.20. The predicted molar refractivity (Wildman–Crippen MR) is 79.4 cm³/mol. The zero-order valence-corrected chi connectivity index (χ0v) is 11.5. The molecule has 0 radical (unpaired) electrons. The van der Waals surface area contributed by atoms with Gasteiger partial charge in [0, 0.05) is 6.08 Å². The first-order valence-electron chi connectivity index (χ1n) is 6.21. The number of carbonyl (C=O) groups excluding carboxylic acids is 1. The fourth-order valence-electron chi connectivity index (χ4n) is 1.50. The smallest absolute Gasteiger partial charge is 0.335 e. The molecule has 0 spiro atoms. The SMILES string of the molecule is C=CC(=O)Oc1ccc(N=Nc2ccc(OC)cc2)cc1. The summed E-state index contributed by atoms with van der Waals surface area (Å²) < 4.78 is 10.0. The summed E-state index contributed by atoms with van der Waals surface area (Å²) in [6.45, 7) is 3.33. The molecular weight excluding hydrogens is 268 g/mol. The number of methoxy groups -OCH3 is 1. The molecule has 0 bridgehead atoms. The second-order valence-electron chi connectivity index (χ2n) is 4.02. The molecule has 0 N–H and O–H groups in total. The number of esters is 1. The molecule has 0 saturated heterocycles. The van der Waals surface area contributed by atoms with Crippen molar-refractivity contribution in [3.05, 3.63) is 61.2 Å². The van der Waals surface area contributed by atoms with Crippen LogP contribution in [-0.2, 0) is 4.79 Å². The Bertz CT molecular complexity index is 646. The van der Waals surface area contributed by atoms with Crippen molar-refractivity contribution in [3.8, 4) is 11.5 Å². The normalized spacial score (nSPS) is 10.3. The minimum absolute atomic E-state index is 0.434. The van der Waals surface area contributed by atoms with Crippen LogP contribution in [-0.4, -0.2) is 13.1 Å². The summed E-state index contributed by atoms with van der Waals surface area (Å²) in [4.78, 5) is 11.0. The van der Waals surface area contributed by atoms with Crippen molar-refractivity contribution in [2.24, 2.45) is 10.2 Å². The van der Waals surface area contributed by atoms with Crippen LogP contribution in [0.2, 0.25) is 0 Å². The standard InChI is InChI=1S/C16H14N2O3/c1-3-16(19)21-15-10-6-13(7-11-15)18-17-12-4-8-14(20-2)9-5-12/h3-11H,1H2,2H3. The third-order valence-corrected chi connectivity index (χ3v) is 2.58. The number of carbonyl (C=O) groups is 1. The van der Waals surface area contributed by atoms with E-state index in [0.29, 0.717) is 11.4 Å². The zero-order valence-electron chi connectivity index (χ0n) is 11.5. The first-order valence-corrected chi connectivity index (χ1v) is 6.21. The number of ether oxygens (including phenoxy) is 2. The molecular formula is C16H14N2O3.